The number of amides is 1. The lowest BCUT2D eigenvalue weighted by atomic mass is 10.0. The molecule has 2 aliphatic rings. The molecule has 7 heteroatoms. The number of aromatic nitrogens is 2. The van der Waals surface area contributed by atoms with E-state index in [2.05, 4.69) is 20.4 Å². The Balaban J connectivity index is 1.54. The summed E-state index contributed by atoms with van der Waals surface area (Å²) in [6, 6.07) is 0. The van der Waals surface area contributed by atoms with Gasteiger partial charge in [0.2, 0.25) is 5.91 Å². The van der Waals surface area contributed by atoms with Crippen molar-refractivity contribution in [1.29, 1.82) is 0 Å². The topological polar surface area (TPSA) is 80.5 Å². The quantitative estimate of drug-likeness (QED) is 0.886. The number of hydrogen-bond acceptors (Lipinski definition) is 6. The Morgan fingerprint density at radius 3 is 2.82 bits per heavy atom. The van der Waals surface area contributed by atoms with E-state index in [1.54, 1.807) is 0 Å². The molecule has 0 bridgehead atoms. The predicted molar refractivity (Wildman–Crippen MR) is 79.0 cm³/mol. The maximum absolute atomic E-state index is 12.4. The van der Waals surface area contributed by atoms with Crippen LogP contribution in [0, 0.1) is 0 Å². The fourth-order valence-electron chi connectivity index (χ4n) is 3.04. The molecule has 2 aliphatic heterocycles. The average molecular weight is 308 g/mol. The molecule has 0 radical (unpaired) electrons. The summed E-state index contributed by atoms with van der Waals surface area (Å²) in [7, 11) is 0. The third kappa shape index (κ3) is 3.15. The van der Waals surface area contributed by atoms with Gasteiger partial charge < -0.3 is 14.6 Å². The van der Waals surface area contributed by atoms with E-state index in [-0.39, 0.29) is 18.6 Å². The van der Waals surface area contributed by atoms with Crippen LogP contribution in [-0.4, -0.2) is 46.2 Å². The van der Waals surface area contributed by atoms with E-state index in [1.165, 1.54) is 0 Å². The summed E-state index contributed by atoms with van der Waals surface area (Å²) in [4.78, 5) is 19.0. The Kier molecular flexibility index (Phi) is 4.44. The minimum absolute atomic E-state index is 0.00198. The molecule has 7 nitrogen and oxygen atoms in total. The highest BCUT2D eigenvalue weighted by Crippen LogP contribution is 2.27. The van der Waals surface area contributed by atoms with Crippen molar-refractivity contribution in [2.45, 2.75) is 57.7 Å². The predicted octanol–water partition coefficient (Wildman–Crippen LogP) is 1.41. The number of likely N-dealkylation sites (tertiary alicyclic amines) is 1. The SMILES string of the molecule is CC(C)(C(=O)NCc1noc(C2CCCO2)n1)N1CCCC1. The van der Waals surface area contributed by atoms with E-state index >= 15 is 0 Å². The van der Waals surface area contributed by atoms with Crippen molar-refractivity contribution in [1.82, 2.24) is 20.4 Å². The molecule has 1 atom stereocenters. The van der Waals surface area contributed by atoms with Crippen LogP contribution in [0.3, 0.4) is 0 Å². The van der Waals surface area contributed by atoms with Crippen molar-refractivity contribution in [3.63, 3.8) is 0 Å². The van der Waals surface area contributed by atoms with Gasteiger partial charge in [-0.3, -0.25) is 9.69 Å². The van der Waals surface area contributed by atoms with Crippen molar-refractivity contribution in [2.24, 2.45) is 0 Å². The van der Waals surface area contributed by atoms with Gasteiger partial charge >= 0.3 is 0 Å². The van der Waals surface area contributed by atoms with Crippen LogP contribution in [0.25, 0.3) is 0 Å². The fourth-order valence-corrected chi connectivity index (χ4v) is 3.04. The van der Waals surface area contributed by atoms with Gasteiger partial charge in [-0.2, -0.15) is 4.98 Å². The van der Waals surface area contributed by atoms with Gasteiger partial charge in [-0.25, -0.2) is 0 Å². The summed E-state index contributed by atoms with van der Waals surface area (Å²) >= 11 is 0. The molecule has 2 saturated heterocycles. The van der Waals surface area contributed by atoms with Gasteiger partial charge in [0.25, 0.3) is 5.89 Å². The molecule has 3 rings (SSSR count). The summed E-state index contributed by atoms with van der Waals surface area (Å²) in [6.45, 7) is 6.90. The lowest BCUT2D eigenvalue weighted by molar-refractivity contribution is -0.131. The van der Waals surface area contributed by atoms with E-state index < -0.39 is 5.54 Å². The Morgan fingerprint density at radius 2 is 2.14 bits per heavy atom. The number of nitrogens with zero attached hydrogens (tertiary/aromatic N) is 3. The van der Waals surface area contributed by atoms with Crippen LogP contribution in [-0.2, 0) is 16.1 Å². The molecule has 122 valence electrons. The summed E-state index contributed by atoms with van der Waals surface area (Å²) < 4.78 is 10.7. The van der Waals surface area contributed by atoms with Gasteiger partial charge in [0, 0.05) is 6.61 Å². The van der Waals surface area contributed by atoms with E-state index in [0.29, 0.717) is 11.7 Å². The molecule has 0 saturated carbocycles. The van der Waals surface area contributed by atoms with Crippen molar-refractivity contribution in [2.75, 3.05) is 19.7 Å². The first-order chi connectivity index (χ1) is 10.6. The van der Waals surface area contributed by atoms with Crippen LogP contribution < -0.4 is 5.32 Å². The van der Waals surface area contributed by atoms with Crippen molar-refractivity contribution in [3.8, 4) is 0 Å². The summed E-state index contributed by atoms with van der Waals surface area (Å²) in [5.41, 5.74) is -0.502. The molecule has 1 N–H and O–H groups in total. The van der Waals surface area contributed by atoms with E-state index in [1.807, 2.05) is 13.8 Å². The van der Waals surface area contributed by atoms with Crippen LogP contribution in [0.1, 0.15) is 57.3 Å². The van der Waals surface area contributed by atoms with Gasteiger partial charge in [0.05, 0.1) is 12.1 Å². The van der Waals surface area contributed by atoms with Crippen LogP contribution in [0.5, 0.6) is 0 Å². The van der Waals surface area contributed by atoms with E-state index in [9.17, 15) is 4.79 Å². The Morgan fingerprint density at radius 1 is 1.36 bits per heavy atom. The maximum atomic E-state index is 12.4. The molecule has 22 heavy (non-hydrogen) atoms. The molecular formula is C15H24N4O3. The molecule has 2 fully saturated rings. The lowest BCUT2D eigenvalue weighted by Crippen LogP contribution is -2.53. The zero-order valence-electron chi connectivity index (χ0n) is 13.3. The largest absolute Gasteiger partial charge is 0.368 e. The smallest absolute Gasteiger partial charge is 0.255 e. The number of carbonyl (C=O) groups is 1. The van der Waals surface area contributed by atoms with Gasteiger partial charge in [-0.05, 0) is 52.6 Å². The second-order valence-electron chi connectivity index (χ2n) is 6.49. The second kappa shape index (κ2) is 6.34. The number of hydrogen-bond donors (Lipinski definition) is 1. The fraction of sp³-hybridized carbons (Fsp3) is 0.800. The molecule has 0 spiro atoms. The minimum atomic E-state index is -0.502. The zero-order valence-corrected chi connectivity index (χ0v) is 13.3. The highest BCUT2D eigenvalue weighted by molar-refractivity contribution is 5.85. The van der Waals surface area contributed by atoms with Crippen LogP contribution >= 0.6 is 0 Å². The molecule has 1 aromatic heterocycles. The van der Waals surface area contributed by atoms with Gasteiger partial charge in [0.15, 0.2) is 5.82 Å². The minimum Gasteiger partial charge on any atom is -0.368 e. The highest BCUT2D eigenvalue weighted by Gasteiger charge is 2.36. The molecule has 1 aromatic rings. The number of ether oxygens (including phenoxy) is 1. The number of carbonyl (C=O) groups excluding carboxylic acids is 1. The van der Waals surface area contributed by atoms with Crippen LogP contribution in [0.4, 0.5) is 0 Å². The Bertz CT molecular complexity index is 517. The van der Waals surface area contributed by atoms with Crippen molar-refractivity contribution < 1.29 is 14.1 Å². The monoisotopic (exact) mass is 308 g/mol. The highest BCUT2D eigenvalue weighted by atomic mass is 16.5. The third-order valence-electron chi connectivity index (χ3n) is 4.55. The number of nitrogens with one attached hydrogen (secondary N) is 1. The number of rotatable bonds is 5. The standard InChI is InChI=1S/C15H24N4O3/c1-15(2,19-7-3-4-8-19)14(20)16-10-12-17-13(22-18-12)11-6-5-9-21-11/h11H,3-10H2,1-2H3,(H,16,20). The summed E-state index contributed by atoms with van der Waals surface area (Å²) in [5, 5.41) is 6.83. The van der Waals surface area contributed by atoms with E-state index in [0.717, 1.165) is 45.4 Å². The zero-order chi connectivity index (χ0) is 15.6. The van der Waals surface area contributed by atoms with Gasteiger partial charge in [-0.1, -0.05) is 5.16 Å². The van der Waals surface area contributed by atoms with Crippen molar-refractivity contribution in [3.05, 3.63) is 11.7 Å². The Hall–Kier alpha value is -1.47. The molecular weight excluding hydrogens is 284 g/mol. The average Bonchev–Trinajstić information content (AvgIpc) is 3.25. The van der Waals surface area contributed by atoms with E-state index in [4.69, 9.17) is 9.26 Å². The molecule has 1 amide bonds. The third-order valence-corrected chi connectivity index (χ3v) is 4.55. The lowest BCUT2D eigenvalue weighted by Gasteiger charge is -2.33. The summed E-state index contributed by atoms with van der Waals surface area (Å²) in [6.07, 6.45) is 4.16. The maximum Gasteiger partial charge on any atom is 0.255 e. The van der Waals surface area contributed by atoms with Crippen LogP contribution in [0.2, 0.25) is 0 Å². The normalized spacial score (nSPS) is 23.1. The van der Waals surface area contributed by atoms with Gasteiger partial charge in [0.1, 0.15) is 6.10 Å². The first-order valence-electron chi connectivity index (χ1n) is 8.05. The second-order valence-corrected chi connectivity index (χ2v) is 6.49. The molecule has 1 unspecified atom stereocenters. The molecule has 3 heterocycles. The van der Waals surface area contributed by atoms with Crippen LogP contribution in [0.15, 0.2) is 4.52 Å². The molecule has 0 aliphatic carbocycles. The summed E-state index contributed by atoms with van der Waals surface area (Å²) in [5.74, 6) is 1.01. The van der Waals surface area contributed by atoms with Gasteiger partial charge in [-0.15, -0.1) is 0 Å². The first-order valence-corrected chi connectivity index (χ1v) is 8.05. The first kappa shape index (κ1) is 15.4. The molecule has 0 aromatic carbocycles. The van der Waals surface area contributed by atoms with Crippen molar-refractivity contribution >= 4 is 5.91 Å². The Labute approximate surface area is 130 Å².